The first-order valence-corrected chi connectivity index (χ1v) is 13.9. The Hall–Kier alpha value is -4.15. The fourth-order valence-corrected chi connectivity index (χ4v) is 5.47. The number of hydrogen-bond acceptors (Lipinski definition) is 4. The van der Waals surface area contributed by atoms with Crippen LogP contribution in [0.25, 0.3) is 0 Å². The highest BCUT2D eigenvalue weighted by Crippen LogP contribution is 2.35. The Morgan fingerprint density at radius 3 is 2.48 bits per heavy atom. The molecule has 0 spiro atoms. The number of aliphatic carboxylic acids is 1. The lowest BCUT2D eigenvalue weighted by molar-refractivity contribution is -0.137. The zero-order valence-corrected chi connectivity index (χ0v) is 24.2. The SMILES string of the molecule is CN(Cc1ccccc1)C(=O)NCC(CC(=O)O)NC(=O)c1c(Cl)cc2c(c1Cl)CCN(Cc1cccc(F)c1)C2=O. The molecule has 9 nitrogen and oxygen atoms in total. The van der Waals surface area contributed by atoms with Crippen LogP contribution in [0.15, 0.2) is 60.7 Å². The summed E-state index contributed by atoms with van der Waals surface area (Å²) < 4.78 is 13.6. The van der Waals surface area contributed by atoms with Crippen molar-refractivity contribution in [2.75, 3.05) is 20.1 Å². The second-order valence-corrected chi connectivity index (χ2v) is 10.8. The zero-order chi connectivity index (χ0) is 30.4. The molecule has 0 aliphatic carbocycles. The van der Waals surface area contributed by atoms with Gasteiger partial charge in [0.25, 0.3) is 11.8 Å². The van der Waals surface area contributed by atoms with Crippen LogP contribution in [0.1, 0.15) is 43.8 Å². The smallest absolute Gasteiger partial charge is 0.317 e. The number of amides is 4. The number of benzene rings is 3. The van der Waals surface area contributed by atoms with Gasteiger partial charge in [0.1, 0.15) is 5.82 Å². The minimum Gasteiger partial charge on any atom is -0.481 e. The van der Waals surface area contributed by atoms with E-state index in [0.29, 0.717) is 24.1 Å². The lowest BCUT2D eigenvalue weighted by atomic mass is 9.95. The molecular formula is C30H29Cl2FN4O5. The first-order chi connectivity index (χ1) is 20.0. The van der Waals surface area contributed by atoms with Crippen molar-refractivity contribution in [2.45, 2.75) is 32.0 Å². The highest BCUT2D eigenvalue weighted by atomic mass is 35.5. The Balaban J connectivity index is 1.45. The first-order valence-electron chi connectivity index (χ1n) is 13.1. The standard InChI is InChI=1S/C30H29Cl2FN4O5/c1-36(16-18-6-3-2-4-7-18)30(42)34-15-21(13-25(38)39)35-28(40)26-24(31)14-23-22(27(26)32)10-11-37(29(23)41)17-19-8-5-9-20(33)12-19/h2-9,12,14,21H,10-11,13,15-17H2,1H3,(H,34,42)(H,35,40)(H,38,39). The van der Waals surface area contributed by atoms with Crippen molar-refractivity contribution >= 4 is 47.0 Å². The van der Waals surface area contributed by atoms with E-state index in [2.05, 4.69) is 10.6 Å². The predicted octanol–water partition coefficient (Wildman–Crippen LogP) is 4.75. The number of carboxylic acid groups (broad SMARTS) is 1. The summed E-state index contributed by atoms with van der Waals surface area (Å²) in [6.45, 7) is 0.649. The molecule has 220 valence electrons. The minimum atomic E-state index is -1.18. The van der Waals surface area contributed by atoms with Gasteiger partial charge < -0.3 is 25.5 Å². The average Bonchev–Trinajstić information content (AvgIpc) is 2.93. The number of hydrogen-bond donors (Lipinski definition) is 3. The van der Waals surface area contributed by atoms with Crippen LogP contribution in [0.3, 0.4) is 0 Å². The van der Waals surface area contributed by atoms with Gasteiger partial charge in [0, 0.05) is 38.8 Å². The van der Waals surface area contributed by atoms with Crippen LogP contribution >= 0.6 is 23.2 Å². The van der Waals surface area contributed by atoms with Crippen LogP contribution in [-0.2, 0) is 24.3 Å². The third-order valence-electron chi connectivity index (χ3n) is 6.82. The van der Waals surface area contributed by atoms with E-state index in [-0.39, 0.29) is 46.7 Å². The van der Waals surface area contributed by atoms with Gasteiger partial charge in [0.05, 0.1) is 28.1 Å². The normalized spacial score (nSPS) is 13.2. The van der Waals surface area contributed by atoms with Crippen molar-refractivity contribution < 1.29 is 28.7 Å². The van der Waals surface area contributed by atoms with Crippen LogP contribution in [0, 0.1) is 5.82 Å². The summed E-state index contributed by atoms with van der Waals surface area (Å²) in [5, 5.41) is 14.5. The van der Waals surface area contributed by atoms with Gasteiger partial charge in [-0.25, -0.2) is 9.18 Å². The molecule has 42 heavy (non-hydrogen) atoms. The van der Waals surface area contributed by atoms with Gasteiger partial charge in [-0.05, 0) is 41.3 Å². The van der Waals surface area contributed by atoms with Crippen LogP contribution in [0.2, 0.25) is 10.0 Å². The summed E-state index contributed by atoms with van der Waals surface area (Å²) in [7, 11) is 1.60. The molecule has 0 bridgehead atoms. The van der Waals surface area contributed by atoms with E-state index in [1.54, 1.807) is 24.1 Å². The largest absolute Gasteiger partial charge is 0.481 e. The van der Waals surface area contributed by atoms with Gasteiger partial charge in [0.2, 0.25) is 0 Å². The van der Waals surface area contributed by atoms with Crippen LogP contribution in [-0.4, -0.2) is 64.9 Å². The topological polar surface area (TPSA) is 119 Å². The van der Waals surface area contributed by atoms with E-state index in [0.717, 1.165) is 5.56 Å². The average molecular weight is 615 g/mol. The summed E-state index contributed by atoms with van der Waals surface area (Å²) in [4.78, 5) is 53.6. The maximum absolute atomic E-state index is 13.6. The van der Waals surface area contributed by atoms with Crippen molar-refractivity contribution in [1.82, 2.24) is 20.4 Å². The summed E-state index contributed by atoms with van der Waals surface area (Å²) in [5.41, 5.74) is 2.13. The monoisotopic (exact) mass is 614 g/mol. The fourth-order valence-electron chi connectivity index (χ4n) is 4.75. The summed E-state index contributed by atoms with van der Waals surface area (Å²) >= 11 is 13.0. The lowest BCUT2D eigenvalue weighted by Crippen LogP contribution is -2.47. The van der Waals surface area contributed by atoms with E-state index in [9.17, 15) is 28.7 Å². The maximum atomic E-state index is 13.6. The first kappa shape index (κ1) is 30.8. The Morgan fingerprint density at radius 2 is 1.79 bits per heavy atom. The Labute approximate surface area is 252 Å². The quantitative estimate of drug-likeness (QED) is 0.305. The molecule has 3 aromatic carbocycles. The maximum Gasteiger partial charge on any atom is 0.317 e. The van der Waals surface area contributed by atoms with Gasteiger partial charge in [-0.2, -0.15) is 0 Å². The van der Waals surface area contributed by atoms with Crippen LogP contribution in [0.5, 0.6) is 0 Å². The number of halogens is 3. The molecule has 4 rings (SSSR count). The minimum absolute atomic E-state index is 0.00513. The highest BCUT2D eigenvalue weighted by molar-refractivity contribution is 6.41. The molecule has 3 aromatic rings. The Morgan fingerprint density at radius 1 is 1.07 bits per heavy atom. The third-order valence-corrected chi connectivity index (χ3v) is 7.54. The second kappa shape index (κ2) is 13.7. The number of nitrogens with zero attached hydrogens (tertiary/aromatic N) is 2. The van der Waals surface area contributed by atoms with E-state index in [4.69, 9.17) is 23.2 Å². The lowest BCUT2D eigenvalue weighted by Gasteiger charge is -2.30. The number of rotatable bonds is 10. The molecule has 1 heterocycles. The van der Waals surface area contributed by atoms with Gasteiger partial charge >= 0.3 is 12.0 Å². The van der Waals surface area contributed by atoms with E-state index >= 15 is 0 Å². The molecule has 1 unspecified atom stereocenters. The number of carbonyl (C=O) groups is 4. The van der Waals surface area contributed by atoms with Gasteiger partial charge in [-0.1, -0.05) is 65.7 Å². The number of carboxylic acids is 1. The number of nitrogens with one attached hydrogen (secondary N) is 2. The van der Waals surface area contributed by atoms with Crippen molar-refractivity contribution in [3.05, 3.63) is 104 Å². The molecule has 0 radical (unpaired) electrons. The zero-order valence-electron chi connectivity index (χ0n) is 22.7. The van der Waals surface area contributed by atoms with Crippen LogP contribution in [0.4, 0.5) is 9.18 Å². The molecule has 12 heteroatoms. The molecule has 1 aliphatic rings. The number of fused-ring (bicyclic) bond motifs is 1. The van der Waals surface area contributed by atoms with Gasteiger partial charge in [0.15, 0.2) is 0 Å². The molecular weight excluding hydrogens is 586 g/mol. The summed E-state index contributed by atoms with van der Waals surface area (Å²) in [5.74, 6) is -2.68. The summed E-state index contributed by atoms with van der Waals surface area (Å²) in [6.07, 6.45) is -0.142. The molecule has 0 saturated carbocycles. The van der Waals surface area contributed by atoms with Gasteiger partial charge in [-0.3, -0.25) is 14.4 Å². The van der Waals surface area contributed by atoms with E-state index < -0.39 is 36.2 Å². The molecule has 0 fully saturated rings. The Kier molecular flexibility index (Phi) is 10.0. The van der Waals surface area contributed by atoms with Crippen molar-refractivity contribution in [3.63, 3.8) is 0 Å². The molecule has 0 aromatic heterocycles. The van der Waals surface area contributed by atoms with Crippen LogP contribution < -0.4 is 10.6 Å². The van der Waals surface area contributed by atoms with Crippen molar-refractivity contribution in [1.29, 1.82) is 0 Å². The highest BCUT2D eigenvalue weighted by Gasteiger charge is 2.31. The number of urea groups is 1. The third kappa shape index (κ3) is 7.57. The molecule has 1 atom stereocenters. The second-order valence-electron chi connectivity index (χ2n) is 9.98. The fraction of sp³-hybridized carbons (Fsp3) is 0.267. The molecule has 3 N–H and O–H groups in total. The van der Waals surface area contributed by atoms with Crippen molar-refractivity contribution in [3.8, 4) is 0 Å². The molecule has 1 aliphatic heterocycles. The van der Waals surface area contributed by atoms with Gasteiger partial charge in [-0.15, -0.1) is 0 Å². The van der Waals surface area contributed by atoms with Crippen molar-refractivity contribution in [2.24, 2.45) is 0 Å². The predicted molar refractivity (Wildman–Crippen MR) is 156 cm³/mol. The molecule has 0 saturated heterocycles. The number of carbonyl (C=O) groups excluding carboxylic acids is 3. The van der Waals surface area contributed by atoms with E-state index in [1.165, 1.54) is 23.1 Å². The van der Waals surface area contributed by atoms with E-state index in [1.807, 2.05) is 30.3 Å². The summed E-state index contributed by atoms with van der Waals surface area (Å²) in [6, 6.07) is 15.2. The molecule has 4 amide bonds. The Bertz CT molecular complexity index is 1500.